The highest BCUT2D eigenvalue weighted by molar-refractivity contribution is 5.99. The quantitative estimate of drug-likeness (QED) is 0.722. The van der Waals surface area contributed by atoms with Crippen molar-refractivity contribution in [2.75, 3.05) is 20.3 Å². The third-order valence-electron chi connectivity index (χ3n) is 4.32. The molecule has 0 aromatic rings. The molecule has 1 aliphatic rings. The van der Waals surface area contributed by atoms with Gasteiger partial charge in [0.05, 0.1) is 0 Å². The van der Waals surface area contributed by atoms with Crippen LogP contribution < -0.4 is 5.32 Å². The topological polar surface area (TPSA) is 58.6 Å². The van der Waals surface area contributed by atoms with E-state index >= 15 is 0 Å². The first-order valence-electron chi connectivity index (χ1n) is 7.56. The van der Waals surface area contributed by atoms with Crippen LogP contribution in [0.4, 0.5) is 0 Å². The van der Waals surface area contributed by atoms with Crippen molar-refractivity contribution in [2.45, 2.75) is 58.5 Å². The van der Waals surface area contributed by atoms with E-state index in [1.54, 1.807) is 12.0 Å². The Kier molecular flexibility index (Phi) is 5.99. The van der Waals surface area contributed by atoms with E-state index in [4.69, 9.17) is 4.74 Å². The third kappa shape index (κ3) is 2.97. The fourth-order valence-electron chi connectivity index (χ4n) is 2.93. The maximum Gasteiger partial charge on any atom is 0.246 e. The van der Waals surface area contributed by atoms with E-state index in [9.17, 15) is 9.59 Å². The Morgan fingerprint density at radius 2 is 1.90 bits per heavy atom. The second-order valence-electron chi connectivity index (χ2n) is 5.77. The number of carbonyl (C=O) groups excluding carboxylic acids is 2. The molecule has 1 rings (SSSR count). The van der Waals surface area contributed by atoms with Crippen LogP contribution in [0.25, 0.3) is 0 Å². The van der Waals surface area contributed by atoms with E-state index in [1.165, 1.54) is 0 Å². The predicted octanol–water partition coefficient (Wildman–Crippen LogP) is 1.56. The second kappa shape index (κ2) is 7.07. The third-order valence-corrected chi connectivity index (χ3v) is 4.32. The van der Waals surface area contributed by atoms with Gasteiger partial charge in [0.1, 0.15) is 11.6 Å². The number of methoxy groups -OCH3 is 1. The van der Waals surface area contributed by atoms with Gasteiger partial charge in [0, 0.05) is 20.3 Å². The van der Waals surface area contributed by atoms with Gasteiger partial charge >= 0.3 is 0 Å². The Balaban J connectivity index is 3.03. The Morgan fingerprint density at radius 3 is 2.35 bits per heavy atom. The van der Waals surface area contributed by atoms with Crippen molar-refractivity contribution < 1.29 is 14.3 Å². The number of nitrogens with one attached hydrogen (secondary N) is 1. The molecule has 0 spiro atoms. The normalized spacial score (nSPS) is 22.3. The maximum atomic E-state index is 12.7. The van der Waals surface area contributed by atoms with Crippen LogP contribution in [-0.2, 0) is 14.3 Å². The number of amides is 2. The van der Waals surface area contributed by atoms with Crippen LogP contribution in [0.5, 0.6) is 0 Å². The van der Waals surface area contributed by atoms with Gasteiger partial charge in [-0.1, -0.05) is 27.7 Å². The average molecular weight is 284 g/mol. The Morgan fingerprint density at radius 1 is 1.30 bits per heavy atom. The van der Waals surface area contributed by atoms with Gasteiger partial charge in [-0.05, 0) is 25.2 Å². The zero-order valence-corrected chi connectivity index (χ0v) is 13.4. The van der Waals surface area contributed by atoms with Crippen molar-refractivity contribution in [3.63, 3.8) is 0 Å². The van der Waals surface area contributed by atoms with Gasteiger partial charge in [-0.25, -0.2) is 0 Å². The molecule has 1 heterocycles. The molecule has 0 saturated carbocycles. The van der Waals surface area contributed by atoms with Crippen LogP contribution in [-0.4, -0.2) is 48.6 Å². The first-order chi connectivity index (χ1) is 9.44. The first-order valence-corrected chi connectivity index (χ1v) is 7.56. The summed E-state index contributed by atoms with van der Waals surface area (Å²) in [5.41, 5.74) is -0.698. The van der Waals surface area contributed by atoms with Crippen molar-refractivity contribution in [2.24, 2.45) is 5.92 Å². The van der Waals surface area contributed by atoms with E-state index in [0.29, 0.717) is 26.0 Å². The number of rotatable bonds is 7. The molecule has 20 heavy (non-hydrogen) atoms. The summed E-state index contributed by atoms with van der Waals surface area (Å²) in [4.78, 5) is 27.0. The summed E-state index contributed by atoms with van der Waals surface area (Å²) >= 11 is 0. The van der Waals surface area contributed by atoms with E-state index in [-0.39, 0.29) is 17.7 Å². The van der Waals surface area contributed by atoms with Crippen LogP contribution in [0.2, 0.25) is 0 Å². The highest BCUT2D eigenvalue weighted by Gasteiger charge is 2.50. The standard InChI is InChI=1S/C15H28N2O3/c1-6-15(7-2)14(19)16-12(11(3)4)13(18)17(15)9-8-10-20-5/h11-12H,6-10H2,1-5H3,(H,16,19). The first kappa shape index (κ1) is 17.0. The van der Waals surface area contributed by atoms with Crippen molar-refractivity contribution in [3.8, 4) is 0 Å². The highest BCUT2D eigenvalue weighted by Crippen LogP contribution is 2.30. The molecule has 1 atom stereocenters. The maximum absolute atomic E-state index is 12.7. The molecule has 1 fully saturated rings. The van der Waals surface area contributed by atoms with Gasteiger partial charge < -0.3 is 15.0 Å². The Labute approximate surface area is 122 Å². The van der Waals surface area contributed by atoms with Crippen LogP contribution in [0.15, 0.2) is 0 Å². The number of piperazine rings is 1. The van der Waals surface area contributed by atoms with E-state index in [1.807, 2.05) is 27.7 Å². The van der Waals surface area contributed by atoms with Gasteiger partial charge in [0.15, 0.2) is 0 Å². The summed E-state index contributed by atoms with van der Waals surface area (Å²) in [6, 6.07) is -0.406. The molecule has 5 nitrogen and oxygen atoms in total. The summed E-state index contributed by atoms with van der Waals surface area (Å²) in [6.45, 7) is 9.03. The van der Waals surface area contributed by atoms with Crippen molar-refractivity contribution in [3.05, 3.63) is 0 Å². The lowest BCUT2D eigenvalue weighted by Gasteiger charge is -2.48. The molecule has 1 saturated heterocycles. The SMILES string of the molecule is CCC1(CC)C(=O)NC(C(C)C)C(=O)N1CCCOC. The minimum absolute atomic E-state index is 0.0155. The highest BCUT2D eigenvalue weighted by atomic mass is 16.5. The van der Waals surface area contributed by atoms with Crippen LogP contribution in [0.1, 0.15) is 47.0 Å². The molecule has 0 bridgehead atoms. The number of ether oxygens (including phenoxy) is 1. The zero-order chi connectivity index (χ0) is 15.3. The molecule has 0 radical (unpaired) electrons. The predicted molar refractivity (Wildman–Crippen MR) is 78.3 cm³/mol. The summed E-state index contributed by atoms with van der Waals surface area (Å²) in [5, 5.41) is 2.92. The van der Waals surface area contributed by atoms with Crippen LogP contribution in [0.3, 0.4) is 0 Å². The van der Waals surface area contributed by atoms with E-state index < -0.39 is 11.6 Å². The molecular formula is C15H28N2O3. The monoisotopic (exact) mass is 284 g/mol. The smallest absolute Gasteiger partial charge is 0.246 e. The van der Waals surface area contributed by atoms with E-state index in [0.717, 1.165) is 6.42 Å². The molecular weight excluding hydrogens is 256 g/mol. The molecule has 0 aliphatic carbocycles. The lowest BCUT2D eigenvalue weighted by molar-refractivity contribution is -0.159. The lowest BCUT2D eigenvalue weighted by Crippen LogP contribution is -2.71. The summed E-state index contributed by atoms with van der Waals surface area (Å²) in [6.07, 6.45) is 2.03. The molecule has 1 unspecified atom stereocenters. The van der Waals surface area contributed by atoms with Crippen LogP contribution >= 0.6 is 0 Å². The van der Waals surface area contributed by atoms with Crippen molar-refractivity contribution in [1.29, 1.82) is 0 Å². The number of hydrogen-bond acceptors (Lipinski definition) is 3. The molecule has 0 aromatic carbocycles. The molecule has 1 N–H and O–H groups in total. The summed E-state index contributed by atoms with van der Waals surface area (Å²) < 4.78 is 5.07. The van der Waals surface area contributed by atoms with Crippen LogP contribution in [0, 0.1) is 5.92 Å². The number of nitrogens with zero attached hydrogens (tertiary/aromatic N) is 1. The zero-order valence-electron chi connectivity index (χ0n) is 13.4. The van der Waals surface area contributed by atoms with Crippen molar-refractivity contribution >= 4 is 11.8 Å². The second-order valence-corrected chi connectivity index (χ2v) is 5.77. The largest absolute Gasteiger partial charge is 0.385 e. The molecule has 2 amide bonds. The van der Waals surface area contributed by atoms with Crippen molar-refractivity contribution in [1.82, 2.24) is 10.2 Å². The van der Waals surface area contributed by atoms with E-state index in [2.05, 4.69) is 5.32 Å². The molecule has 116 valence electrons. The van der Waals surface area contributed by atoms with Gasteiger partial charge in [-0.15, -0.1) is 0 Å². The molecule has 5 heteroatoms. The minimum Gasteiger partial charge on any atom is -0.385 e. The van der Waals surface area contributed by atoms with Gasteiger partial charge in [0.25, 0.3) is 0 Å². The molecule has 0 aromatic heterocycles. The Bertz CT molecular complexity index is 351. The fourth-order valence-corrected chi connectivity index (χ4v) is 2.93. The summed E-state index contributed by atoms with van der Waals surface area (Å²) in [7, 11) is 1.65. The minimum atomic E-state index is -0.698. The average Bonchev–Trinajstić information content (AvgIpc) is 2.42. The lowest BCUT2D eigenvalue weighted by atomic mass is 9.84. The number of carbonyl (C=O) groups is 2. The van der Waals surface area contributed by atoms with Gasteiger partial charge in [0.2, 0.25) is 11.8 Å². The molecule has 1 aliphatic heterocycles. The number of hydrogen-bond donors (Lipinski definition) is 1. The summed E-state index contributed by atoms with van der Waals surface area (Å²) in [5.74, 6) is 0.126. The fraction of sp³-hybridized carbons (Fsp3) is 0.867. The van der Waals surface area contributed by atoms with Gasteiger partial charge in [-0.2, -0.15) is 0 Å². The Hall–Kier alpha value is -1.10. The van der Waals surface area contributed by atoms with Gasteiger partial charge in [-0.3, -0.25) is 9.59 Å².